The molecule has 1 saturated heterocycles. The molecule has 0 aromatic heterocycles. The standard InChI is InChI=1S/C15H33N3O/c1-4-6-15(2)19-14-5-7-16-8-9-18-12-10-17(3)11-13-18/h15-16H,4-14H2,1-3H3. The van der Waals surface area contributed by atoms with E-state index in [0.717, 1.165) is 26.1 Å². The lowest BCUT2D eigenvalue weighted by atomic mass is 10.2. The second-order valence-electron chi connectivity index (χ2n) is 5.72. The van der Waals surface area contributed by atoms with Crippen LogP contribution in [0.25, 0.3) is 0 Å². The molecule has 19 heavy (non-hydrogen) atoms. The third-order valence-electron chi connectivity index (χ3n) is 3.80. The lowest BCUT2D eigenvalue weighted by Gasteiger charge is -2.32. The molecule has 0 aromatic carbocycles. The molecule has 0 aliphatic carbocycles. The van der Waals surface area contributed by atoms with E-state index in [1.54, 1.807) is 0 Å². The second-order valence-corrected chi connectivity index (χ2v) is 5.72. The van der Waals surface area contributed by atoms with Gasteiger partial charge in [0.25, 0.3) is 0 Å². The zero-order chi connectivity index (χ0) is 13.9. The van der Waals surface area contributed by atoms with Crippen molar-refractivity contribution in [2.75, 3.05) is 59.5 Å². The van der Waals surface area contributed by atoms with Gasteiger partial charge in [-0.05, 0) is 33.4 Å². The molecule has 0 aromatic rings. The van der Waals surface area contributed by atoms with Gasteiger partial charge in [-0.2, -0.15) is 0 Å². The zero-order valence-electron chi connectivity index (χ0n) is 13.2. The summed E-state index contributed by atoms with van der Waals surface area (Å²) in [7, 11) is 2.20. The summed E-state index contributed by atoms with van der Waals surface area (Å²) in [6.07, 6.45) is 3.94. The van der Waals surface area contributed by atoms with Crippen LogP contribution in [0.4, 0.5) is 0 Å². The molecule has 4 heteroatoms. The van der Waals surface area contributed by atoms with Crippen molar-refractivity contribution in [2.45, 2.75) is 39.2 Å². The molecule has 1 fully saturated rings. The molecule has 1 aliphatic heterocycles. The molecule has 0 amide bonds. The topological polar surface area (TPSA) is 27.7 Å². The summed E-state index contributed by atoms with van der Waals surface area (Å²) < 4.78 is 5.73. The van der Waals surface area contributed by atoms with E-state index in [2.05, 4.69) is 36.0 Å². The highest BCUT2D eigenvalue weighted by molar-refractivity contribution is 4.69. The third-order valence-corrected chi connectivity index (χ3v) is 3.80. The summed E-state index contributed by atoms with van der Waals surface area (Å²) in [4.78, 5) is 4.95. The van der Waals surface area contributed by atoms with Gasteiger partial charge in [0.05, 0.1) is 6.10 Å². The van der Waals surface area contributed by atoms with Crippen molar-refractivity contribution in [1.82, 2.24) is 15.1 Å². The quantitative estimate of drug-likeness (QED) is 0.608. The Balaban J connectivity index is 1.83. The number of nitrogens with zero attached hydrogens (tertiary/aromatic N) is 2. The Labute approximate surface area is 119 Å². The van der Waals surface area contributed by atoms with E-state index >= 15 is 0 Å². The van der Waals surface area contributed by atoms with Crippen molar-refractivity contribution in [3.63, 3.8) is 0 Å². The minimum absolute atomic E-state index is 0.426. The minimum Gasteiger partial charge on any atom is -0.378 e. The first kappa shape index (κ1) is 16.9. The van der Waals surface area contributed by atoms with E-state index in [-0.39, 0.29) is 0 Å². The molecular weight excluding hydrogens is 238 g/mol. The van der Waals surface area contributed by atoms with E-state index in [4.69, 9.17) is 4.74 Å². The average Bonchev–Trinajstić information content (AvgIpc) is 2.40. The monoisotopic (exact) mass is 271 g/mol. The molecule has 1 atom stereocenters. The SMILES string of the molecule is CCCC(C)OCCCNCCN1CCN(C)CC1. The number of likely N-dealkylation sites (N-methyl/N-ethyl adjacent to an activating group) is 1. The third kappa shape index (κ3) is 8.58. The second kappa shape index (κ2) is 10.6. The van der Waals surface area contributed by atoms with Crippen molar-refractivity contribution in [3.8, 4) is 0 Å². The van der Waals surface area contributed by atoms with Crippen molar-refractivity contribution in [1.29, 1.82) is 0 Å². The predicted octanol–water partition coefficient (Wildman–Crippen LogP) is 1.42. The van der Waals surface area contributed by atoms with Gasteiger partial charge in [-0.15, -0.1) is 0 Å². The van der Waals surface area contributed by atoms with Crippen LogP contribution >= 0.6 is 0 Å². The van der Waals surface area contributed by atoms with E-state index in [1.807, 2.05) is 0 Å². The molecule has 1 N–H and O–H groups in total. The fourth-order valence-electron chi connectivity index (χ4n) is 2.41. The largest absolute Gasteiger partial charge is 0.378 e. The summed E-state index contributed by atoms with van der Waals surface area (Å²) in [6, 6.07) is 0. The Morgan fingerprint density at radius 1 is 1.16 bits per heavy atom. The Morgan fingerprint density at radius 3 is 2.58 bits per heavy atom. The van der Waals surface area contributed by atoms with Gasteiger partial charge in [-0.3, -0.25) is 4.90 Å². The van der Waals surface area contributed by atoms with Gasteiger partial charge >= 0.3 is 0 Å². The van der Waals surface area contributed by atoms with Gasteiger partial charge in [-0.1, -0.05) is 13.3 Å². The van der Waals surface area contributed by atoms with Crippen LogP contribution < -0.4 is 5.32 Å². The highest BCUT2D eigenvalue weighted by Crippen LogP contribution is 2.01. The Hall–Kier alpha value is -0.160. The van der Waals surface area contributed by atoms with Gasteiger partial charge in [0, 0.05) is 45.9 Å². The lowest BCUT2D eigenvalue weighted by Crippen LogP contribution is -2.46. The van der Waals surface area contributed by atoms with Crippen LogP contribution in [-0.2, 0) is 4.74 Å². The fraction of sp³-hybridized carbons (Fsp3) is 1.00. The average molecular weight is 271 g/mol. The number of rotatable bonds is 10. The van der Waals surface area contributed by atoms with Gasteiger partial charge in [-0.25, -0.2) is 0 Å². The van der Waals surface area contributed by atoms with Gasteiger partial charge in [0.1, 0.15) is 0 Å². The van der Waals surface area contributed by atoms with Crippen LogP contribution in [0.15, 0.2) is 0 Å². The van der Waals surface area contributed by atoms with Gasteiger partial charge < -0.3 is 15.0 Å². The van der Waals surface area contributed by atoms with Crippen molar-refractivity contribution >= 4 is 0 Å². The number of piperazine rings is 1. The summed E-state index contributed by atoms with van der Waals surface area (Å²) in [6.45, 7) is 13.5. The van der Waals surface area contributed by atoms with Crippen LogP contribution in [-0.4, -0.2) is 75.4 Å². The normalized spacial score (nSPS) is 19.7. The van der Waals surface area contributed by atoms with Crippen molar-refractivity contribution < 1.29 is 4.74 Å². The van der Waals surface area contributed by atoms with E-state index in [1.165, 1.54) is 45.6 Å². The van der Waals surface area contributed by atoms with Crippen molar-refractivity contribution in [2.24, 2.45) is 0 Å². The number of ether oxygens (including phenoxy) is 1. The molecular formula is C15H33N3O. The molecule has 1 rings (SSSR count). The first-order chi connectivity index (χ1) is 9.22. The summed E-state index contributed by atoms with van der Waals surface area (Å²) >= 11 is 0. The van der Waals surface area contributed by atoms with Crippen LogP contribution in [0.1, 0.15) is 33.1 Å². The summed E-state index contributed by atoms with van der Waals surface area (Å²) in [5.74, 6) is 0. The lowest BCUT2D eigenvalue weighted by molar-refractivity contribution is 0.0582. The van der Waals surface area contributed by atoms with Crippen LogP contribution in [0.5, 0.6) is 0 Å². The van der Waals surface area contributed by atoms with Crippen LogP contribution in [0.2, 0.25) is 0 Å². The minimum atomic E-state index is 0.426. The maximum Gasteiger partial charge on any atom is 0.0546 e. The molecule has 0 saturated carbocycles. The fourth-order valence-corrected chi connectivity index (χ4v) is 2.41. The number of nitrogens with one attached hydrogen (secondary N) is 1. The molecule has 1 unspecified atom stereocenters. The highest BCUT2D eigenvalue weighted by atomic mass is 16.5. The Bertz CT molecular complexity index is 206. The number of hydrogen-bond donors (Lipinski definition) is 1. The molecule has 0 bridgehead atoms. The maximum absolute atomic E-state index is 5.73. The zero-order valence-corrected chi connectivity index (χ0v) is 13.2. The molecule has 1 aliphatic rings. The molecule has 4 nitrogen and oxygen atoms in total. The summed E-state index contributed by atoms with van der Waals surface area (Å²) in [5.41, 5.74) is 0. The Morgan fingerprint density at radius 2 is 1.89 bits per heavy atom. The smallest absolute Gasteiger partial charge is 0.0546 e. The highest BCUT2D eigenvalue weighted by Gasteiger charge is 2.12. The van der Waals surface area contributed by atoms with Gasteiger partial charge in [0.15, 0.2) is 0 Å². The molecule has 1 heterocycles. The summed E-state index contributed by atoms with van der Waals surface area (Å²) in [5, 5.41) is 3.51. The van der Waals surface area contributed by atoms with E-state index in [0.29, 0.717) is 6.10 Å². The first-order valence-corrected chi connectivity index (χ1v) is 7.95. The molecule has 0 spiro atoms. The molecule has 114 valence electrons. The molecule has 0 radical (unpaired) electrons. The Kier molecular flexibility index (Phi) is 9.43. The van der Waals surface area contributed by atoms with E-state index < -0.39 is 0 Å². The first-order valence-electron chi connectivity index (χ1n) is 7.95. The predicted molar refractivity (Wildman–Crippen MR) is 81.7 cm³/mol. The van der Waals surface area contributed by atoms with Gasteiger partial charge in [0.2, 0.25) is 0 Å². The van der Waals surface area contributed by atoms with Crippen LogP contribution in [0, 0.1) is 0 Å². The van der Waals surface area contributed by atoms with Crippen molar-refractivity contribution in [3.05, 3.63) is 0 Å². The maximum atomic E-state index is 5.73. The van der Waals surface area contributed by atoms with Crippen LogP contribution in [0.3, 0.4) is 0 Å². The van der Waals surface area contributed by atoms with E-state index in [9.17, 15) is 0 Å². The number of hydrogen-bond acceptors (Lipinski definition) is 4.